The third-order valence-corrected chi connectivity index (χ3v) is 4.24. The first kappa shape index (κ1) is 12.2. The number of rotatable bonds is 3. The highest BCUT2D eigenvalue weighted by atomic mass is 32.1. The topological polar surface area (TPSA) is 41.1 Å². The molecule has 1 aromatic carbocycles. The Balaban J connectivity index is 1.57. The van der Waals surface area contributed by atoms with Crippen molar-refractivity contribution in [2.75, 3.05) is 5.32 Å². The van der Waals surface area contributed by atoms with E-state index in [9.17, 15) is 4.79 Å². The summed E-state index contributed by atoms with van der Waals surface area (Å²) in [6, 6.07) is 10.0. The maximum absolute atomic E-state index is 11.8. The van der Waals surface area contributed by atoms with Crippen molar-refractivity contribution in [2.24, 2.45) is 0 Å². The summed E-state index contributed by atoms with van der Waals surface area (Å²) in [7, 11) is 0. The smallest absolute Gasteiger partial charge is 0.319 e. The summed E-state index contributed by atoms with van der Waals surface area (Å²) < 4.78 is 0. The van der Waals surface area contributed by atoms with Crippen LogP contribution in [-0.2, 0) is 19.4 Å². The molecule has 0 fully saturated rings. The van der Waals surface area contributed by atoms with Gasteiger partial charge in [-0.15, -0.1) is 11.3 Å². The summed E-state index contributed by atoms with van der Waals surface area (Å²) in [4.78, 5) is 12.9. The molecular weight excluding hydrogens is 256 g/mol. The average molecular weight is 272 g/mol. The van der Waals surface area contributed by atoms with Crippen LogP contribution in [0.3, 0.4) is 0 Å². The lowest BCUT2D eigenvalue weighted by Gasteiger charge is -2.08. The molecule has 0 spiro atoms. The molecule has 0 saturated carbocycles. The van der Waals surface area contributed by atoms with E-state index in [1.807, 2.05) is 23.6 Å². The minimum absolute atomic E-state index is 0.147. The molecule has 0 bridgehead atoms. The van der Waals surface area contributed by atoms with Crippen molar-refractivity contribution in [3.63, 3.8) is 0 Å². The summed E-state index contributed by atoms with van der Waals surface area (Å²) in [5.41, 5.74) is 3.67. The van der Waals surface area contributed by atoms with Crippen LogP contribution in [0.25, 0.3) is 0 Å². The summed E-state index contributed by atoms with van der Waals surface area (Å²) in [6.45, 7) is 0.578. The van der Waals surface area contributed by atoms with Crippen molar-refractivity contribution in [1.82, 2.24) is 5.32 Å². The van der Waals surface area contributed by atoms with E-state index >= 15 is 0 Å². The first-order chi connectivity index (χ1) is 9.31. The van der Waals surface area contributed by atoms with Crippen molar-refractivity contribution < 1.29 is 4.79 Å². The Kier molecular flexibility index (Phi) is 3.51. The quantitative estimate of drug-likeness (QED) is 0.881. The lowest BCUT2D eigenvalue weighted by molar-refractivity contribution is 0.252. The molecule has 0 radical (unpaired) electrons. The number of hydrogen-bond acceptors (Lipinski definition) is 2. The second kappa shape index (κ2) is 5.45. The molecule has 4 heteroatoms. The highest BCUT2D eigenvalue weighted by molar-refractivity contribution is 7.09. The van der Waals surface area contributed by atoms with E-state index in [-0.39, 0.29) is 6.03 Å². The Labute approximate surface area is 116 Å². The van der Waals surface area contributed by atoms with Gasteiger partial charge >= 0.3 is 6.03 Å². The SMILES string of the molecule is O=C(NCc1cccs1)Nc1ccc2c(c1)CCC2. The second-order valence-corrected chi connectivity index (χ2v) is 5.76. The van der Waals surface area contributed by atoms with Gasteiger partial charge in [0.2, 0.25) is 0 Å². The van der Waals surface area contributed by atoms with Crippen molar-refractivity contribution in [1.29, 1.82) is 0 Å². The molecule has 3 nitrogen and oxygen atoms in total. The van der Waals surface area contributed by atoms with Gasteiger partial charge in [0.05, 0.1) is 6.54 Å². The molecule has 1 aliphatic carbocycles. The van der Waals surface area contributed by atoms with Crippen LogP contribution in [0.4, 0.5) is 10.5 Å². The van der Waals surface area contributed by atoms with Gasteiger partial charge < -0.3 is 10.6 Å². The zero-order valence-electron chi connectivity index (χ0n) is 10.6. The molecule has 1 aromatic heterocycles. The highest BCUT2D eigenvalue weighted by Crippen LogP contribution is 2.24. The van der Waals surface area contributed by atoms with E-state index in [1.54, 1.807) is 11.3 Å². The molecular formula is C15H16N2OS. The lowest BCUT2D eigenvalue weighted by atomic mass is 10.1. The third kappa shape index (κ3) is 2.96. The molecule has 0 saturated heterocycles. The van der Waals surface area contributed by atoms with Crippen molar-refractivity contribution in [2.45, 2.75) is 25.8 Å². The number of amides is 2. The Bertz CT molecular complexity index is 578. The number of carbonyl (C=O) groups is 1. The molecule has 19 heavy (non-hydrogen) atoms. The number of benzene rings is 1. The summed E-state index contributed by atoms with van der Waals surface area (Å²) in [5.74, 6) is 0. The van der Waals surface area contributed by atoms with Gasteiger partial charge in [-0.05, 0) is 54.0 Å². The Morgan fingerprint density at radius 3 is 2.95 bits per heavy atom. The molecule has 0 unspecified atom stereocenters. The zero-order chi connectivity index (χ0) is 13.1. The first-order valence-corrected chi connectivity index (χ1v) is 7.38. The normalized spacial score (nSPS) is 13.1. The van der Waals surface area contributed by atoms with Crippen LogP contribution in [0.15, 0.2) is 35.7 Å². The second-order valence-electron chi connectivity index (χ2n) is 4.72. The van der Waals surface area contributed by atoms with E-state index in [2.05, 4.69) is 22.8 Å². The van der Waals surface area contributed by atoms with Gasteiger partial charge in [0.1, 0.15) is 0 Å². The molecule has 0 aliphatic heterocycles. The van der Waals surface area contributed by atoms with Gasteiger partial charge in [0.25, 0.3) is 0 Å². The lowest BCUT2D eigenvalue weighted by Crippen LogP contribution is -2.27. The van der Waals surface area contributed by atoms with Crippen LogP contribution in [0.5, 0.6) is 0 Å². The van der Waals surface area contributed by atoms with E-state index in [4.69, 9.17) is 0 Å². The summed E-state index contributed by atoms with van der Waals surface area (Å²) in [5, 5.41) is 7.76. The Morgan fingerprint density at radius 2 is 2.11 bits per heavy atom. The van der Waals surface area contributed by atoms with Gasteiger partial charge in [0, 0.05) is 10.6 Å². The number of anilines is 1. The number of fused-ring (bicyclic) bond motifs is 1. The number of urea groups is 1. The van der Waals surface area contributed by atoms with Crippen molar-refractivity contribution >= 4 is 23.1 Å². The monoisotopic (exact) mass is 272 g/mol. The fraction of sp³-hybridized carbons (Fsp3) is 0.267. The molecule has 0 atom stereocenters. The summed E-state index contributed by atoms with van der Waals surface area (Å²) in [6.07, 6.45) is 3.52. The van der Waals surface area contributed by atoms with Crippen LogP contribution in [-0.4, -0.2) is 6.03 Å². The van der Waals surface area contributed by atoms with Crippen LogP contribution >= 0.6 is 11.3 Å². The molecule has 98 valence electrons. The van der Waals surface area contributed by atoms with Gasteiger partial charge in [-0.25, -0.2) is 4.79 Å². The number of carbonyl (C=O) groups excluding carboxylic acids is 1. The zero-order valence-corrected chi connectivity index (χ0v) is 11.4. The van der Waals surface area contributed by atoms with Gasteiger partial charge in [0.15, 0.2) is 0 Å². The van der Waals surface area contributed by atoms with Crippen LogP contribution in [0.2, 0.25) is 0 Å². The van der Waals surface area contributed by atoms with E-state index < -0.39 is 0 Å². The Morgan fingerprint density at radius 1 is 1.21 bits per heavy atom. The van der Waals surface area contributed by atoms with Gasteiger partial charge in [-0.1, -0.05) is 12.1 Å². The predicted molar refractivity (Wildman–Crippen MR) is 78.6 cm³/mol. The van der Waals surface area contributed by atoms with Gasteiger partial charge in [-0.2, -0.15) is 0 Å². The van der Waals surface area contributed by atoms with Gasteiger partial charge in [-0.3, -0.25) is 0 Å². The Hall–Kier alpha value is -1.81. The fourth-order valence-electron chi connectivity index (χ4n) is 2.41. The average Bonchev–Trinajstić information content (AvgIpc) is 3.07. The fourth-order valence-corrected chi connectivity index (χ4v) is 3.05. The molecule has 3 rings (SSSR count). The molecule has 1 heterocycles. The molecule has 1 aliphatic rings. The molecule has 2 amide bonds. The maximum atomic E-state index is 11.8. The highest BCUT2D eigenvalue weighted by Gasteiger charge is 2.11. The minimum atomic E-state index is -0.147. The molecule has 2 aromatic rings. The summed E-state index contributed by atoms with van der Waals surface area (Å²) >= 11 is 1.64. The van der Waals surface area contributed by atoms with Crippen molar-refractivity contribution in [3.8, 4) is 0 Å². The molecule has 2 N–H and O–H groups in total. The maximum Gasteiger partial charge on any atom is 0.319 e. The van der Waals surface area contributed by atoms with E-state index in [1.165, 1.54) is 24.0 Å². The number of hydrogen-bond donors (Lipinski definition) is 2. The van der Waals surface area contributed by atoms with E-state index in [0.717, 1.165) is 17.0 Å². The predicted octanol–water partition coefficient (Wildman–Crippen LogP) is 3.56. The minimum Gasteiger partial charge on any atom is -0.333 e. The van der Waals surface area contributed by atoms with Crippen LogP contribution < -0.4 is 10.6 Å². The third-order valence-electron chi connectivity index (χ3n) is 3.36. The van der Waals surface area contributed by atoms with E-state index in [0.29, 0.717) is 6.54 Å². The largest absolute Gasteiger partial charge is 0.333 e. The van der Waals surface area contributed by atoms with Crippen LogP contribution in [0, 0.1) is 0 Å². The van der Waals surface area contributed by atoms with Crippen LogP contribution in [0.1, 0.15) is 22.4 Å². The number of nitrogens with one attached hydrogen (secondary N) is 2. The van der Waals surface area contributed by atoms with Crippen molar-refractivity contribution in [3.05, 3.63) is 51.7 Å². The number of thiophene rings is 1. The standard InChI is InChI=1S/C15H16N2OS/c18-15(16-10-14-5-2-8-19-14)17-13-7-6-11-3-1-4-12(11)9-13/h2,5-9H,1,3-4,10H2,(H2,16,17,18). The first-order valence-electron chi connectivity index (χ1n) is 6.50. The number of aryl methyl sites for hydroxylation is 2.